The molecule has 0 atom stereocenters. The van der Waals surface area contributed by atoms with Crippen LogP contribution in [0.2, 0.25) is 0 Å². The van der Waals surface area contributed by atoms with Crippen LogP contribution in [-0.4, -0.2) is 33.9 Å². The predicted octanol–water partition coefficient (Wildman–Crippen LogP) is 3.24. The van der Waals surface area contributed by atoms with E-state index >= 15 is 0 Å². The van der Waals surface area contributed by atoms with Crippen LogP contribution in [0.3, 0.4) is 0 Å². The molecule has 1 aromatic heterocycles. The molecule has 0 saturated heterocycles. The van der Waals surface area contributed by atoms with Crippen molar-refractivity contribution < 1.29 is 22.7 Å². The molecule has 28 heavy (non-hydrogen) atoms. The Morgan fingerprint density at radius 1 is 1.07 bits per heavy atom. The zero-order valence-corrected chi connectivity index (χ0v) is 16.8. The standard InChI is InChI=1S/C19H18N2O5S2/c1-3-26-19(23)17-11-13-10-14(6-9-16(13)27-17)21-18(22)12-4-7-15(8-5-12)28(24,25)20-2/h4-11,20H,3H2,1-2H3,(H,21,22). The number of nitrogens with one attached hydrogen (secondary N) is 2. The summed E-state index contributed by atoms with van der Waals surface area (Å²) in [5.41, 5.74) is 0.894. The minimum atomic E-state index is -3.55. The normalized spacial score (nSPS) is 11.4. The van der Waals surface area contributed by atoms with Crippen molar-refractivity contribution in [3.05, 3.63) is 59.0 Å². The number of benzene rings is 2. The Hall–Kier alpha value is -2.75. The van der Waals surface area contributed by atoms with Crippen LogP contribution in [-0.2, 0) is 14.8 Å². The summed E-state index contributed by atoms with van der Waals surface area (Å²) in [6.07, 6.45) is 0. The molecular formula is C19H18N2O5S2. The van der Waals surface area contributed by atoms with E-state index < -0.39 is 10.0 Å². The van der Waals surface area contributed by atoms with E-state index in [-0.39, 0.29) is 16.8 Å². The lowest BCUT2D eigenvalue weighted by Gasteiger charge is -2.07. The highest BCUT2D eigenvalue weighted by Crippen LogP contribution is 2.29. The fourth-order valence-corrected chi connectivity index (χ4v) is 4.20. The van der Waals surface area contributed by atoms with Crippen LogP contribution < -0.4 is 10.0 Å². The van der Waals surface area contributed by atoms with Crippen molar-refractivity contribution in [3.8, 4) is 0 Å². The maximum Gasteiger partial charge on any atom is 0.348 e. The average molecular weight is 418 g/mol. The van der Waals surface area contributed by atoms with Gasteiger partial charge in [0.1, 0.15) is 4.88 Å². The van der Waals surface area contributed by atoms with Crippen LogP contribution in [0.4, 0.5) is 5.69 Å². The number of ether oxygens (including phenoxy) is 1. The summed E-state index contributed by atoms with van der Waals surface area (Å²) < 4.78 is 31.6. The van der Waals surface area contributed by atoms with Crippen LogP contribution >= 0.6 is 11.3 Å². The van der Waals surface area contributed by atoms with Crippen molar-refractivity contribution in [2.24, 2.45) is 0 Å². The Kier molecular flexibility index (Phi) is 5.78. The van der Waals surface area contributed by atoms with Crippen LogP contribution in [0.15, 0.2) is 53.4 Å². The first kappa shape index (κ1) is 20.0. The largest absolute Gasteiger partial charge is 0.462 e. The maximum atomic E-state index is 12.4. The number of thiophene rings is 1. The average Bonchev–Trinajstić information content (AvgIpc) is 3.12. The number of hydrogen-bond acceptors (Lipinski definition) is 6. The summed E-state index contributed by atoms with van der Waals surface area (Å²) in [5, 5.41) is 3.59. The Bertz CT molecular complexity index is 1130. The second kappa shape index (κ2) is 8.09. The first-order valence-corrected chi connectivity index (χ1v) is 10.7. The highest BCUT2D eigenvalue weighted by molar-refractivity contribution is 7.89. The fraction of sp³-hybridized carbons (Fsp3) is 0.158. The first-order chi connectivity index (χ1) is 13.3. The summed E-state index contributed by atoms with van der Waals surface area (Å²) in [6, 6.07) is 12.7. The van der Waals surface area contributed by atoms with Gasteiger partial charge in [-0.2, -0.15) is 0 Å². The molecule has 0 aliphatic carbocycles. The molecule has 2 aromatic carbocycles. The lowest BCUT2D eigenvalue weighted by atomic mass is 10.2. The van der Waals surface area contributed by atoms with Crippen molar-refractivity contribution in [2.75, 3.05) is 19.0 Å². The lowest BCUT2D eigenvalue weighted by Crippen LogP contribution is -2.19. The van der Waals surface area contributed by atoms with Crippen LogP contribution in [0.1, 0.15) is 27.0 Å². The van der Waals surface area contributed by atoms with Gasteiger partial charge < -0.3 is 10.1 Å². The third kappa shape index (κ3) is 4.22. The summed E-state index contributed by atoms with van der Waals surface area (Å²) in [5.74, 6) is -0.737. The first-order valence-electron chi connectivity index (χ1n) is 8.39. The highest BCUT2D eigenvalue weighted by atomic mass is 32.2. The molecule has 0 unspecified atom stereocenters. The van der Waals surface area contributed by atoms with Gasteiger partial charge in [-0.3, -0.25) is 4.79 Å². The predicted molar refractivity (Wildman–Crippen MR) is 108 cm³/mol. The third-order valence-electron chi connectivity index (χ3n) is 3.95. The zero-order chi connectivity index (χ0) is 20.3. The number of carbonyl (C=O) groups is 2. The molecule has 0 spiro atoms. The quantitative estimate of drug-likeness (QED) is 0.599. The number of carbonyl (C=O) groups excluding carboxylic acids is 2. The molecule has 146 valence electrons. The summed E-state index contributed by atoms with van der Waals surface area (Å²) >= 11 is 1.33. The molecule has 3 rings (SSSR count). The number of fused-ring (bicyclic) bond motifs is 1. The maximum absolute atomic E-state index is 12.4. The van der Waals surface area contributed by atoms with Crippen molar-refractivity contribution in [3.63, 3.8) is 0 Å². The van der Waals surface area contributed by atoms with E-state index in [1.54, 1.807) is 25.1 Å². The molecular weight excluding hydrogens is 400 g/mol. The smallest absolute Gasteiger partial charge is 0.348 e. The van der Waals surface area contributed by atoms with Gasteiger partial charge in [0.25, 0.3) is 5.91 Å². The highest BCUT2D eigenvalue weighted by Gasteiger charge is 2.14. The number of amides is 1. The van der Waals surface area contributed by atoms with Crippen LogP contribution in [0, 0.1) is 0 Å². The van der Waals surface area contributed by atoms with Crippen LogP contribution in [0.25, 0.3) is 10.1 Å². The summed E-state index contributed by atoms with van der Waals surface area (Å²) in [6.45, 7) is 2.06. The third-order valence-corrected chi connectivity index (χ3v) is 6.47. The van der Waals surface area contributed by atoms with E-state index in [9.17, 15) is 18.0 Å². The number of hydrogen-bond donors (Lipinski definition) is 2. The van der Waals surface area contributed by atoms with Crippen LogP contribution in [0.5, 0.6) is 0 Å². The molecule has 0 aliphatic heterocycles. The van der Waals surface area contributed by atoms with E-state index in [0.29, 0.717) is 22.7 Å². The van der Waals surface area contributed by atoms with E-state index in [0.717, 1.165) is 10.1 Å². The van der Waals surface area contributed by atoms with Crippen molar-refractivity contribution >= 4 is 49.0 Å². The number of sulfonamides is 1. The van der Waals surface area contributed by atoms with E-state index in [4.69, 9.17) is 4.74 Å². The van der Waals surface area contributed by atoms with Gasteiger partial charge in [-0.25, -0.2) is 17.9 Å². The zero-order valence-electron chi connectivity index (χ0n) is 15.2. The second-order valence-corrected chi connectivity index (χ2v) is 8.74. The van der Waals surface area contributed by atoms with E-state index in [1.807, 2.05) is 6.07 Å². The topological polar surface area (TPSA) is 102 Å². The van der Waals surface area contributed by atoms with Gasteiger partial charge in [0, 0.05) is 16.0 Å². The molecule has 2 N–H and O–H groups in total. The monoisotopic (exact) mass is 418 g/mol. The van der Waals surface area contributed by atoms with Crippen molar-refractivity contribution in [1.29, 1.82) is 0 Å². The molecule has 0 saturated carbocycles. The van der Waals surface area contributed by atoms with Gasteiger partial charge in [0.2, 0.25) is 10.0 Å². The van der Waals surface area contributed by atoms with Crippen molar-refractivity contribution in [2.45, 2.75) is 11.8 Å². The Morgan fingerprint density at radius 3 is 2.43 bits per heavy atom. The number of anilines is 1. The molecule has 9 heteroatoms. The minimum Gasteiger partial charge on any atom is -0.462 e. The van der Waals surface area contributed by atoms with Gasteiger partial charge in [-0.1, -0.05) is 0 Å². The van der Waals surface area contributed by atoms with Gasteiger partial charge >= 0.3 is 5.97 Å². The van der Waals surface area contributed by atoms with Gasteiger partial charge in [-0.05, 0) is 67.9 Å². The molecule has 0 bridgehead atoms. The van der Waals surface area contributed by atoms with Gasteiger partial charge in [0.15, 0.2) is 0 Å². The summed E-state index contributed by atoms with van der Waals surface area (Å²) in [7, 11) is -2.23. The van der Waals surface area contributed by atoms with Gasteiger partial charge in [0.05, 0.1) is 11.5 Å². The SMILES string of the molecule is CCOC(=O)c1cc2cc(NC(=O)c3ccc(S(=O)(=O)NC)cc3)ccc2s1. The molecule has 1 heterocycles. The Labute approximate surface area is 166 Å². The lowest BCUT2D eigenvalue weighted by molar-refractivity contribution is 0.0532. The fourth-order valence-electron chi connectivity index (χ4n) is 2.53. The molecule has 0 fully saturated rings. The molecule has 1 amide bonds. The van der Waals surface area contributed by atoms with Crippen molar-refractivity contribution in [1.82, 2.24) is 4.72 Å². The molecule has 0 radical (unpaired) electrons. The number of rotatable bonds is 6. The summed E-state index contributed by atoms with van der Waals surface area (Å²) in [4.78, 5) is 24.9. The Balaban J connectivity index is 1.78. The van der Waals surface area contributed by atoms with E-state index in [1.165, 1.54) is 42.6 Å². The molecule has 0 aliphatic rings. The second-order valence-electron chi connectivity index (χ2n) is 5.77. The minimum absolute atomic E-state index is 0.0812. The Morgan fingerprint density at radius 2 is 1.79 bits per heavy atom. The molecule has 3 aromatic rings. The number of esters is 1. The molecule has 7 nitrogen and oxygen atoms in total. The van der Waals surface area contributed by atoms with E-state index in [2.05, 4.69) is 10.0 Å². The van der Waals surface area contributed by atoms with Gasteiger partial charge in [-0.15, -0.1) is 11.3 Å².